The van der Waals surface area contributed by atoms with Gasteiger partial charge in [-0.15, -0.1) is 0 Å². The summed E-state index contributed by atoms with van der Waals surface area (Å²) in [6.07, 6.45) is 0.498. The summed E-state index contributed by atoms with van der Waals surface area (Å²) in [4.78, 5) is 2.17. The number of halogens is 1. The van der Waals surface area contributed by atoms with Crippen LogP contribution in [-0.4, -0.2) is 13.1 Å². The maximum absolute atomic E-state index is 8.76. The second-order valence-electron chi connectivity index (χ2n) is 5.25. The first-order valence-corrected chi connectivity index (χ1v) is 7.00. The second kappa shape index (κ2) is 7.37. The largest absolute Gasteiger partial charge is 0.369 e. The lowest BCUT2D eigenvalue weighted by atomic mass is 10.1. The van der Waals surface area contributed by atoms with Crippen molar-refractivity contribution < 1.29 is 0 Å². The van der Waals surface area contributed by atoms with Crippen molar-refractivity contribution >= 4 is 17.3 Å². The lowest BCUT2D eigenvalue weighted by Gasteiger charge is -2.27. The first kappa shape index (κ1) is 15.8. The van der Waals surface area contributed by atoms with E-state index in [-0.39, 0.29) is 6.04 Å². The van der Waals surface area contributed by atoms with Crippen molar-refractivity contribution in [3.8, 4) is 6.07 Å². The maximum atomic E-state index is 8.76. The van der Waals surface area contributed by atoms with Gasteiger partial charge in [-0.05, 0) is 30.5 Å². The van der Waals surface area contributed by atoms with E-state index < -0.39 is 0 Å². The van der Waals surface area contributed by atoms with Gasteiger partial charge in [0.05, 0.1) is 23.2 Å². The highest BCUT2D eigenvalue weighted by Gasteiger charge is 2.13. The van der Waals surface area contributed by atoms with Crippen LogP contribution in [0.5, 0.6) is 0 Å². The third-order valence-corrected chi connectivity index (χ3v) is 3.22. The Morgan fingerprint density at radius 3 is 2.53 bits per heavy atom. The summed E-state index contributed by atoms with van der Waals surface area (Å²) in [5.41, 5.74) is 7.86. The van der Waals surface area contributed by atoms with Gasteiger partial charge in [0.2, 0.25) is 0 Å². The molecule has 1 aromatic carbocycles. The van der Waals surface area contributed by atoms with E-state index in [1.807, 2.05) is 25.1 Å². The van der Waals surface area contributed by atoms with Crippen molar-refractivity contribution in [2.24, 2.45) is 11.7 Å². The molecule has 0 aromatic heterocycles. The summed E-state index contributed by atoms with van der Waals surface area (Å²) in [6, 6.07) is 8.09. The van der Waals surface area contributed by atoms with Crippen LogP contribution in [0.25, 0.3) is 0 Å². The van der Waals surface area contributed by atoms with E-state index in [1.165, 1.54) is 0 Å². The maximum Gasteiger partial charge on any atom is 0.0642 e. The summed E-state index contributed by atoms with van der Waals surface area (Å²) in [6.45, 7) is 7.84. The topological polar surface area (TPSA) is 53.0 Å². The lowest BCUT2D eigenvalue weighted by molar-refractivity contribution is 0.612. The fourth-order valence-electron chi connectivity index (χ4n) is 2.00. The molecule has 0 saturated heterocycles. The number of anilines is 1. The predicted octanol–water partition coefficient (Wildman–Crippen LogP) is 3.74. The van der Waals surface area contributed by atoms with Gasteiger partial charge in [0.25, 0.3) is 0 Å². The quantitative estimate of drug-likeness (QED) is 0.863. The molecule has 0 saturated carbocycles. The number of hydrogen-bond donors (Lipinski definition) is 1. The number of nitriles is 1. The molecule has 0 aliphatic heterocycles. The molecule has 0 unspecified atom stereocenters. The van der Waals surface area contributed by atoms with Crippen molar-refractivity contribution in [2.75, 3.05) is 18.0 Å². The molecule has 0 aliphatic carbocycles. The smallest absolute Gasteiger partial charge is 0.0642 e. The molecule has 104 valence electrons. The van der Waals surface area contributed by atoms with E-state index >= 15 is 0 Å². The van der Waals surface area contributed by atoms with Crippen LogP contribution in [0.15, 0.2) is 18.2 Å². The highest BCUT2D eigenvalue weighted by molar-refractivity contribution is 6.33. The Morgan fingerprint density at radius 2 is 2.05 bits per heavy atom. The zero-order chi connectivity index (χ0) is 14.4. The van der Waals surface area contributed by atoms with Gasteiger partial charge in [0, 0.05) is 19.1 Å². The predicted molar refractivity (Wildman–Crippen MR) is 81.3 cm³/mol. The highest BCUT2D eigenvalue weighted by atomic mass is 35.5. The Hall–Kier alpha value is -1.24. The molecular formula is C15H22ClN3. The van der Waals surface area contributed by atoms with Crippen LogP contribution in [0.4, 0.5) is 5.69 Å². The van der Waals surface area contributed by atoms with Gasteiger partial charge in [-0.25, -0.2) is 0 Å². The number of benzene rings is 1. The minimum absolute atomic E-state index is 0.0239. The molecule has 4 heteroatoms. The fraction of sp³-hybridized carbons (Fsp3) is 0.533. The van der Waals surface area contributed by atoms with Gasteiger partial charge in [-0.2, -0.15) is 5.26 Å². The Balaban J connectivity index is 2.98. The van der Waals surface area contributed by atoms with E-state index in [9.17, 15) is 0 Å². The molecule has 0 heterocycles. The second-order valence-corrected chi connectivity index (χ2v) is 5.65. The summed E-state index contributed by atoms with van der Waals surface area (Å²) in [7, 11) is 0. The third kappa shape index (κ3) is 4.74. The molecule has 0 radical (unpaired) electrons. The Kier molecular flexibility index (Phi) is 6.14. The van der Waals surface area contributed by atoms with E-state index in [4.69, 9.17) is 22.6 Å². The molecule has 0 amide bonds. The molecule has 1 rings (SSSR count). The summed E-state index contributed by atoms with van der Waals surface area (Å²) >= 11 is 6.35. The molecule has 2 N–H and O–H groups in total. The highest BCUT2D eigenvalue weighted by Crippen LogP contribution is 2.29. The van der Waals surface area contributed by atoms with Crippen molar-refractivity contribution in [2.45, 2.75) is 33.2 Å². The van der Waals surface area contributed by atoms with Gasteiger partial charge < -0.3 is 10.6 Å². The van der Waals surface area contributed by atoms with Crippen LogP contribution in [0.1, 0.15) is 38.8 Å². The van der Waals surface area contributed by atoms with Crippen LogP contribution in [0.3, 0.4) is 0 Å². The van der Waals surface area contributed by atoms with Crippen LogP contribution >= 0.6 is 11.6 Å². The van der Waals surface area contributed by atoms with Gasteiger partial charge >= 0.3 is 0 Å². The van der Waals surface area contributed by atoms with Crippen LogP contribution in [-0.2, 0) is 0 Å². The third-order valence-electron chi connectivity index (χ3n) is 2.92. The average molecular weight is 280 g/mol. The number of rotatable bonds is 6. The monoisotopic (exact) mass is 279 g/mol. The van der Waals surface area contributed by atoms with Crippen molar-refractivity contribution in [1.29, 1.82) is 5.26 Å². The Labute approximate surface area is 121 Å². The zero-order valence-electron chi connectivity index (χ0n) is 11.9. The molecular weight excluding hydrogens is 258 g/mol. The Morgan fingerprint density at radius 1 is 1.37 bits per heavy atom. The molecule has 1 atom stereocenters. The van der Waals surface area contributed by atoms with Gasteiger partial charge in [0.1, 0.15) is 0 Å². The number of hydrogen-bond acceptors (Lipinski definition) is 3. The fourth-order valence-corrected chi connectivity index (χ4v) is 2.31. The summed E-state index contributed by atoms with van der Waals surface area (Å²) < 4.78 is 0. The molecule has 0 bridgehead atoms. The van der Waals surface area contributed by atoms with Crippen LogP contribution in [0.2, 0.25) is 5.02 Å². The zero-order valence-corrected chi connectivity index (χ0v) is 12.6. The molecule has 0 spiro atoms. The lowest BCUT2D eigenvalue weighted by Crippen LogP contribution is -2.28. The van der Waals surface area contributed by atoms with Gasteiger partial charge in [0.15, 0.2) is 0 Å². The van der Waals surface area contributed by atoms with E-state index in [1.54, 1.807) is 0 Å². The van der Waals surface area contributed by atoms with Crippen molar-refractivity contribution in [3.63, 3.8) is 0 Å². The molecule has 0 fully saturated rings. The number of nitrogens with two attached hydrogens (primary N) is 1. The van der Waals surface area contributed by atoms with E-state index in [0.717, 1.165) is 17.8 Å². The van der Waals surface area contributed by atoms with Crippen molar-refractivity contribution in [3.05, 3.63) is 28.8 Å². The average Bonchev–Trinajstić information content (AvgIpc) is 2.34. The minimum atomic E-state index is -0.0239. The summed E-state index contributed by atoms with van der Waals surface area (Å²) in [5.74, 6) is 0.517. The van der Waals surface area contributed by atoms with E-state index in [2.05, 4.69) is 24.8 Å². The molecule has 19 heavy (non-hydrogen) atoms. The van der Waals surface area contributed by atoms with Gasteiger partial charge in [-0.1, -0.05) is 31.5 Å². The standard InChI is InChI=1S/C15H22ClN3/c1-11(2)10-19(8-4-7-17)15-6-5-13(12(3)18)9-14(15)16/h5-6,9,11-12H,4,8,10,18H2,1-3H3/t12-/m0/s1. The molecule has 3 nitrogen and oxygen atoms in total. The molecule has 1 aromatic rings. The SMILES string of the molecule is CC(C)CN(CCC#N)c1ccc([C@H](C)N)cc1Cl. The Bertz CT molecular complexity index is 449. The number of nitrogens with zero attached hydrogens (tertiary/aromatic N) is 2. The van der Waals surface area contributed by atoms with Crippen LogP contribution < -0.4 is 10.6 Å². The molecule has 0 aliphatic rings. The van der Waals surface area contributed by atoms with Crippen LogP contribution in [0, 0.1) is 17.2 Å². The van der Waals surface area contributed by atoms with Gasteiger partial charge in [-0.3, -0.25) is 0 Å². The summed E-state index contributed by atoms with van der Waals surface area (Å²) in [5, 5.41) is 9.46. The van der Waals surface area contributed by atoms with E-state index in [0.29, 0.717) is 23.9 Å². The first-order valence-electron chi connectivity index (χ1n) is 6.62. The minimum Gasteiger partial charge on any atom is -0.369 e. The normalized spacial score (nSPS) is 12.3. The first-order chi connectivity index (χ1) is 8.95. The van der Waals surface area contributed by atoms with Crippen molar-refractivity contribution in [1.82, 2.24) is 0 Å².